The van der Waals surface area contributed by atoms with Gasteiger partial charge in [-0.2, -0.15) is 0 Å². The Hall–Kier alpha value is -3.18. The van der Waals surface area contributed by atoms with Crippen LogP contribution in [0.25, 0.3) is 16.9 Å². The summed E-state index contributed by atoms with van der Waals surface area (Å²) in [6.07, 6.45) is 3.53. The molecule has 0 atom stereocenters. The van der Waals surface area contributed by atoms with Crippen molar-refractivity contribution >= 4 is 28.7 Å². The van der Waals surface area contributed by atoms with Crippen molar-refractivity contribution in [2.45, 2.75) is 19.8 Å². The van der Waals surface area contributed by atoms with E-state index in [0.717, 1.165) is 24.2 Å². The second-order valence-electron chi connectivity index (χ2n) is 6.85. The molecule has 0 aliphatic heterocycles. The monoisotopic (exact) mass is 404 g/mol. The van der Waals surface area contributed by atoms with Crippen molar-refractivity contribution in [1.82, 2.24) is 19.9 Å². The molecule has 0 saturated carbocycles. The molecule has 146 valence electrons. The molecule has 2 heterocycles. The Morgan fingerprint density at radius 2 is 1.93 bits per heavy atom. The zero-order valence-electron chi connectivity index (χ0n) is 16.1. The lowest BCUT2D eigenvalue weighted by atomic mass is 10.1. The quantitative estimate of drug-likeness (QED) is 0.472. The fourth-order valence-electron chi connectivity index (χ4n) is 3.38. The number of aromatic nitrogens is 3. The van der Waals surface area contributed by atoms with Crippen LogP contribution < -0.4 is 5.32 Å². The molecule has 0 spiro atoms. The summed E-state index contributed by atoms with van der Waals surface area (Å²) in [5.74, 6) is 0.645. The third kappa shape index (κ3) is 4.15. The van der Waals surface area contributed by atoms with Crippen LogP contribution in [-0.2, 0) is 6.42 Å². The standard InChI is InChI=1S/C23H21ClN4O/c1-16-27-20-10-6-13-25-22(20)28(16)21-15-18(11-12-19(21)24)23(29)26-14-5-9-17-7-3-2-4-8-17/h2-4,6-8,10-13,15H,5,9,14H2,1H3,(H,26,29). The Labute approximate surface area is 174 Å². The SMILES string of the molecule is Cc1nc2cccnc2n1-c1cc(C(=O)NCCCc2ccccc2)ccc1Cl. The number of amides is 1. The van der Waals surface area contributed by atoms with Gasteiger partial charge in [0.2, 0.25) is 0 Å². The Balaban J connectivity index is 1.50. The number of nitrogens with zero attached hydrogens (tertiary/aromatic N) is 3. The minimum absolute atomic E-state index is 0.119. The summed E-state index contributed by atoms with van der Waals surface area (Å²) in [6, 6.07) is 19.3. The minimum atomic E-state index is -0.119. The lowest BCUT2D eigenvalue weighted by Gasteiger charge is -2.11. The second-order valence-corrected chi connectivity index (χ2v) is 7.26. The normalized spacial score (nSPS) is 11.0. The van der Waals surface area contributed by atoms with Crippen LogP contribution in [0.3, 0.4) is 0 Å². The van der Waals surface area contributed by atoms with Gasteiger partial charge in [0.15, 0.2) is 5.65 Å². The van der Waals surface area contributed by atoms with Crippen LogP contribution in [0.4, 0.5) is 0 Å². The number of pyridine rings is 1. The van der Waals surface area contributed by atoms with Crippen molar-refractivity contribution in [2.75, 3.05) is 6.54 Å². The van der Waals surface area contributed by atoms with E-state index in [4.69, 9.17) is 11.6 Å². The summed E-state index contributed by atoms with van der Waals surface area (Å²) >= 11 is 6.45. The van der Waals surface area contributed by atoms with E-state index in [1.807, 2.05) is 41.8 Å². The maximum Gasteiger partial charge on any atom is 0.251 e. The first-order valence-corrected chi connectivity index (χ1v) is 9.93. The maximum absolute atomic E-state index is 12.6. The number of rotatable bonds is 6. The number of hydrogen-bond donors (Lipinski definition) is 1. The van der Waals surface area contributed by atoms with Crippen LogP contribution in [0.2, 0.25) is 5.02 Å². The van der Waals surface area contributed by atoms with Crippen molar-refractivity contribution < 1.29 is 4.79 Å². The largest absolute Gasteiger partial charge is 0.352 e. The number of carbonyl (C=O) groups is 1. The minimum Gasteiger partial charge on any atom is -0.352 e. The van der Waals surface area contributed by atoms with E-state index in [2.05, 4.69) is 27.4 Å². The average Bonchev–Trinajstić information content (AvgIpc) is 3.08. The molecule has 2 aromatic heterocycles. The summed E-state index contributed by atoms with van der Waals surface area (Å²) in [7, 11) is 0. The summed E-state index contributed by atoms with van der Waals surface area (Å²) in [6.45, 7) is 2.51. The number of nitrogens with one attached hydrogen (secondary N) is 1. The number of fused-ring (bicyclic) bond motifs is 1. The van der Waals surface area contributed by atoms with E-state index in [1.165, 1.54) is 5.56 Å². The highest BCUT2D eigenvalue weighted by molar-refractivity contribution is 6.32. The molecule has 1 amide bonds. The number of halogens is 1. The van der Waals surface area contributed by atoms with E-state index >= 15 is 0 Å². The summed E-state index contributed by atoms with van der Waals surface area (Å²) in [5.41, 5.74) is 4.03. The van der Waals surface area contributed by atoms with E-state index in [0.29, 0.717) is 28.5 Å². The average molecular weight is 405 g/mol. The first-order valence-electron chi connectivity index (χ1n) is 9.55. The topological polar surface area (TPSA) is 59.8 Å². The molecular formula is C23H21ClN4O. The molecule has 6 heteroatoms. The van der Waals surface area contributed by atoms with Gasteiger partial charge in [-0.05, 0) is 55.7 Å². The van der Waals surface area contributed by atoms with E-state index < -0.39 is 0 Å². The molecule has 0 unspecified atom stereocenters. The van der Waals surface area contributed by atoms with Gasteiger partial charge in [0, 0.05) is 18.3 Å². The fourth-order valence-corrected chi connectivity index (χ4v) is 3.58. The van der Waals surface area contributed by atoms with Gasteiger partial charge in [0.1, 0.15) is 11.3 Å². The van der Waals surface area contributed by atoms with Gasteiger partial charge in [-0.15, -0.1) is 0 Å². The number of aryl methyl sites for hydroxylation is 2. The Kier molecular flexibility index (Phi) is 5.58. The molecule has 4 rings (SSSR count). The van der Waals surface area contributed by atoms with Crippen molar-refractivity contribution in [3.63, 3.8) is 0 Å². The molecule has 5 nitrogen and oxygen atoms in total. The van der Waals surface area contributed by atoms with Crippen LogP contribution in [-0.4, -0.2) is 27.0 Å². The number of benzene rings is 2. The van der Waals surface area contributed by atoms with E-state index in [-0.39, 0.29) is 5.91 Å². The van der Waals surface area contributed by atoms with Crippen LogP contribution in [0, 0.1) is 6.92 Å². The van der Waals surface area contributed by atoms with Crippen LogP contribution in [0.1, 0.15) is 28.2 Å². The molecule has 0 aliphatic rings. The Bertz CT molecular complexity index is 1150. The second kappa shape index (κ2) is 8.45. The Morgan fingerprint density at radius 1 is 1.10 bits per heavy atom. The van der Waals surface area contributed by atoms with Gasteiger partial charge in [0.05, 0.1) is 10.7 Å². The van der Waals surface area contributed by atoms with Crippen molar-refractivity contribution in [1.29, 1.82) is 0 Å². The van der Waals surface area contributed by atoms with Crippen LogP contribution in [0.15, 0.2) is 66.9 Å². The lowest BCUT2D eigenvalue weighted by Crippen LogP contribution is -2.25. The maximum atomic E-state index is 12.6. The number of imidazole rings is 1. The van der Waals surface area contributed by atoms with Gasteiger partial charge >= 0.3 is 0 Å². The predicted molar refractivity (Wildman–Crippen MR) is 116 cm³/mol. The van der Waals surface area contributed by atoms with Gasteiger partial charge in [-0.3, -0.25) is 9.36 Å². The van der Waals surface area contributed by atoms with Crippen molar-refractivity contribution in [3.8, 4) is 5.69 Å². The van der Waals surface area contributed by atoms with Crippen molar-refractivity contribution in [3.05, 3.63) is 88.8 Å². The summed E-state index contributed by atoms with van der Waals surface area (Å²) < 4.78 is 1.88. The molecule has 0 aliphatic carbocycles. The zero-order chi connectivity index (χ0) is 20.2. The zero-order valence-corrected chi connectivity index (χ0v) is 16.9. The molecule has 1 N–H and O–H groups in total. The number of carbonyl (C=O) groups excluding carboxylic acids is 1. The van der Waals surface area contributed by atoms with Gasteiger partial charge in [-0.1, -0.05) is 41.9 Å². The molecule has 0 fully saturated rings. The highest BCUT2D eigenvalue weighted by Crippen LogP contribution is 2.26. The lowest BCUT2D eigenvalue weighted by molar-refractivity contribution is 0.0953. The highest BCUT2D eigenvalue weighted by Gasteiger charge is 2.15. The number of hydrogen-bond acceptors (Lipinski definition) is 3. The summed E-state index contributed by atoms with van der Waals surface area (Å²) in [4.78, 5) is 21.6. The van der Waals surface area contributed by atoms with E-state index in [1.54, 1.807) is 24.4 Å². The smallest absolute Gasteiger partial charge is 0.251 e. The molecule has 0 saturated heterocycles. The first-order chi connectivity index (χ1) is 14.1. The Morgan fingerprint density at radius 3 is 2.76 bits per heavy atom. The third-order valence-corrected chi connectivity index (χ3v) is 5.12. The molecule has 29 heavy (non-hydrogen) atoms. The summed E-state index contributed by atoms with van der Waals surface area (Å²) in [5, 5.41) is 3.53. The molecular weight excluding hydrogens is 384 g/mol. The molecule has 4 aromatic rings. The highest BCUT2D eigenvalue weighted by atomic mass is 35.5. The fraction of sp³-hybridized carbons (Fsp3) is 0.174. The first kappa shape index (κ1) is 19.2. The van der Waals surface area contributed by atoms with Gasteiger partial charge < -0.3 is 5.32 Å². The van der Waals surface area contributed by atoms with Crippen LogP contribution >= 0.6 is 11.6 Å². The molecule has 0 radical (unpaired) electrons. The van der Waals surface area contributed by atoms with Crippen molar-refractivity contribution in [2.24, 2.45) is 0 Å². The third-order valence-electron chi connectivity index (χ3n) is 4.80. The van der Waals surface area contributed by atoms with Crippen LogP contribution in [0.5, 0.6) is 0 Å². The van der Waals surface area contributed by atoms with Gasteiger partial charge in [-0.25, -0.2) is 9.97 Å². The van der Waals surface area contributed by atoms with E-state index in [9.17, 15) is 4.79 Å². The molecule has 0 bridgehead atoms. The predicted octanol–water partition coefficient (Wildman–Crippen LogP) is 4.74. The van der Waals surface area contributed by atoms with Gasteiger partial charge in [0.25, 0.3) is 5.91 Å². The molecule has 2 aromatic carbocycles.